The molecule has 352 valence electrons. The number of aromatic nitrogens is 8. The summed E-state index contributed by atoms with van der Waals surface area (Å²) < 4.78 is 86.4. The number of halogens is 7. The molecule has 0 unspecified atom stereocenters. The van der Waals surface area contributed by atoms with Crippen LogP contribution in [0.1, 0.15) is 82.5 Å². The zero-order valence-electron chi connectivity index (χ0n) is 35.4. The fraction of sp³-hybridized carbons (Fsp3) is 0.318. The van der Waals surface area contributed by atoms with E-state index in [4.69, 9.17) is 15.6 Å². The molecular weight excluding hydrogens is 922 g/mol. The number of carbonyl (C=O) groups is 2. The standard InChI is InChI=1S/C22H18F3N7O.C18H14F3N5O2.C4H6N2.ClH/c23-18-5-13(1-4-16(18)21(33)31-9-12(6-26)10-31)19-17(20(24)25)8-27-22(30-19)29-14-7-28-32(11-14)15-2-3-15;19-14-5-9(1-4-12(14)17(27)28)15-13(16(20)21)7-22-18(25-15)24-10-6-23-26(8-10)11-2-3-11;5-1-4-2-6-3-4;/h1,4-5,7-8,11-12,15,20H,2-3,9-10H2,(H,27,29,30);1,4-8,11,16H,2-3H2,(H,27,28)(H,22,24,25);4,6H,2-3H2;1H. The van der Waals surface area contributed by atoms with Crippen molar-refractivity contribution in [3.63, 3.8) is 0 Å². The second kappa shape index (κ2) is 20.9. The number of nitriles is 2. The lowest BCUT2D eigenvalue weighted by Crippen LogP contribution is -2.49. The second-order valence-corrected chi connectivity index (χ2v) is 15.9. The number of benzene rings is 2. The third-order valence-corrected chi connectivity index (χ3v) is 10.9. The topological polar surface area (TPSA) is 228 Å². The van der Waals surface area contributed by atoms with Crippen LogP contribution < -0.4 is 16.0 Å². The van der Waals surface area contributed by atoms with Crippen molar-refractivity contribution in [2.75, 3.05) is 36.8 Å². The van der Waals surface area contributed by atoms with Crippen molar-refractivity contribution in [3.05, 3.63) is 107 Å². The smallest absolute Gasteiger partial charge is 0.338 e. The minimum atomic E-state index is -2.89. The van der Waals surface area contributed by atoms with Gasteiger partial charge in [-0.2, -0.15) is 20.7 Å². The molecule has 10 rings (SSSR count). The van der Waals surface area contributed by atoms with Gasteiger partial charge in [-0.3, -0.25) is 14.2 Å². The molecule has 0 spiro atoms. The first-order chi connectivity index (χ1) is 32.3. The number of nitrogens with one attached hydrogen (secondary N) is 3. The number of hydrogen-bond donors (Lipinski definition) is 4. The van der Waals surface area contributed by atoms with E-state index >= 15 is 0 Å². The maximum absolute atomic E-state index is 14.8. The Morgan fingerprint density at radius 3 is 1.51 bits per heavy atom. The first-order valence-electron chi connectivity index (χ1n) is 20.8. The van der Waals surface area contributed by atoms with Crippen molar-refractivity contribution in [3.8, 4) is 34.7 Å². The normalized spacial score (nSPS) is 15.3. The third kappa shape index (κ3) is 11.3. The van der Waals surface area contributed by atoms with E-state index in [1.54, 1.807) is 29.5 Å². The Labute approximate surface area is 389 Å². The van der Waals surface area contributed by atoms with Crippen LogP contribution in [0.2, 0.25) is 0 Å². The number of likely N-dealkylation sites (tertiary alicyclic amines) is 1. The van der Waals surface area contributed by atoms with Crippen molar-refractivity contribution in [2.24, 2.45) is 11.8 Å². The molecule has 2 aromatic carbocycles. The van der Waals surface area contributed by atoms with Gasteiger partial charge in [0, 0.05) is 62.1 Å². The highest BCUT2D eigenvalue weighted by Crippen LogP contribution is 2.37. The molecule has 0 bridgehead atoms. The summed E-state index contributed by atoms with van der Waals surface area (Å²) in [5.74, 6) is -3.72. The first kappa shape index (κ1) is 48.3. The zero-order chi connectivity index (χ0) is 47.4. The lowest BCUT2D eigenvalue weighted by Gasteiger charge is -2.35. The molecule has 6 aromatic rings. The van der Waals surface area contributed by atoms with Gasteiger partial charge in [-0.15, -0.1) is 12.4 Å². The highest BCUT2D eigenvalue weighted by molar-refractivity contribution is 5.95. The molecule has 4 aliphatic rings. The van der Waals surface area contributed by atoms with Gasteiger partial charge in [0.25, 0.3) is 18.8 Å². The minimum Gasteiger partial charge on any atom is -0.478 e. The molecule has 0 atom stereocenters. The quantitative estimate of drug-likeness (QED) is 0.0845. The summed E-state index contributed by atoms with van der Waals surface area (Å²) in [5.41, 5.74) is -0.676. The van der Waals surface area contributed by atoms with Crippen molar-refractivity contribution in [1.82, 2.24) is 49.7 Å². The number of carboxylic acids is 1. The van der Waals surface area contributed by atoms with Crippen LogP contribution in [-0.4, -0.2) is 87.6 Å². The molecule has 1 amide bonds. The second-order valence-electron chi connectivity index (χ2n) is 15.9. The summed E-state index contributed by atoms with van der Waals surface area (Å²) in [7, 11) is 0. The van der Waals surface area contributed by atoms with Crippen LogP contribution in [0.5, 0.6) is 0 Å². The number of alkyl halides is 4. The van der Waals surface area contributed by atoms with E-state index in [9.17, 15) is 35.9 Å². The van der Waals surface area contributed by atoms with Gasteiger partial charge in [0.1, 0.15) is 11.6 Å². The maximum atomic E-state index is 14.8. The van der Waals surface area contributed by atoms with Gasteiger partial charge < -0.3 is 26.0 Å². The molecule has 2 saturated heterocycles. The number of nitrogens with zero attached hydrogens (tertiary/aromatic N) is 11. The van der Waals surface area contributed by atoms with Crippen molar-refractivity contribution < 1.29 is 41.0 Å². The monoisotopic (exact) mass is 960 g/mol. The number of amides is 1. The Bertz CT molecular complexity index is 2890. The van der Waals surface area contributed by atoms with Gasteiger partial charge >= 0.3 is 5.97 Å². The molecule has 2 aliphatic carbocycles. The van der Waals surface area contributed by atoms with E-state index in [-0.39, 0.29) is 71.4 Å². The van der Waals surface area contributed by atoms with Gasteiger partial charge in [-0.1, -0.05) is 12.1 Å². The molecule has 24 heteroatoms. The number of hydrogen-bond acceptors (Lipinski definition) is 13. The SMILES string of the molecule is Cl.N#CC1CN(C(=O)c2ccc(-c3nc(Nc4cnn(C5CC5)c4)ncc3C(F)F)cc2F)C1.N#CC1CNC1.O=C(O)c1ccc(-c2nc(Nc3cnn(C4CC4)c3)ncc2C(F)F)cc1F. The summed E-state index contributed by atoms with van der Waals surface area (Å²) in [5, 5.41) is 43.1. The average Bonchev–Trinajstić information content (AvgIpc) is 4.21. The van der Waals surface area contributed by atoms with Crippen molar-refractivity contribution in [1.29, 1.82) is 10.5 Å². The molecule has 4 fully saturated rings. The highest BCUT2D eigenvalue weighted by Gasteiger charge is 2.33. The fourth-order valence-corrected chi connectivity index (χ4v) is 6.77. The predicted octanol–water partition coefficient (Wildman–Crippen LogP) is 8.44. The Balaban J connectivity index is 0.000000178. The van der Waals surface area contributed by atoms with E-state index in [1.807, 2.05) is 10.8 Å². The summed E-state index contributed by atoms with van der Waals surface area (Å²) in [6.45, 7) is 2.28. The van der Waals surface area contributed by atoms with E-state index in [0.717, 1.165) is 69.4 Å². The van der Waals surface area contributed by atoms with Gasteiger partial charge in [-0.25, -0.2) is 51.1 Å². The van der Waals surface area contributed by atoms with Gasteiger partial charge in [0.15, 0.2) is 0 Å². The zero-order valence-corrected chi connectivity index (χ0v) is 36.2. The highest BCUT2D eigenvalue weighted by atomic mass is 35.5. The van der Waals surface area contributed by atoms with E-state index in [0.29, 0.717) is 29.4 Å². The van der Waals surface area contributed by atoms with Gasteiger partial charge in [0.2, 0.25) is 11.9 Å². The molecule has 68 heavy (non-hydrogen) atoms. The molecular formula is C44H39ClF6N14O3. The molecule has 4 N–H and O–H groups in total. The molecule has 2 saturated carbocycles. The van der Waals surface area contributed by atoms with Crippen LogP contribution in [0.4, 0.5) is 49.6 Å². The third-order valence-electron chi connectivity index (χ3n) is 10.9. The Morgan fingerprint density at radius 2 is 1.16 bits per heavy atom. The van der Waals surface area contributed by atoms with Crippen LogP contribution in [0, 0.1) is 46.1 Å². The molecule has 6 heterocycles. The van der Waals surface area contributed by atoms with Gasteiger partial charge in [-0.05, 0) is 49.9 Å². The summed E-state index contributed by atoms with van der Waals surface area (Å²) in [6.07, 6.45) is 7.16. The Kier molecular flexibility index (Phi) is 14.8. The van der Waals surface area contributed by atoms with Crippen molar-refractivity contribution >= 4 is 47.6 Å². The minimum absolute atomic E-state index is 0. The Morgan fingerprint density at radius 1 is 0.706 bits per heavy atom. The maximum Gasteiger partial charge on any atom is 0.338 e. The number of carbonyl (C=O) groups excluding carboxylic acids is 1. The van der Waals surface area contributed by atoms with Crippen LogP contribution in [0.15, 0.2) is 73.6 Å². The summed E-state index contributed by atoms with van der Waals surface area (Å²) >= 11 is 0. The summed E-state index contributed by atoms with van der Waals surface area (Å²) in [6, 6.07) is 11.7. The van der Waals surface area contributed by atoms with Crippen LogP contribution in [0.3, 0.4) is 0 Å². The van der Waals surface area contributed by atoms with E-state index in [2.05, 4.69) is 52.2 Å². The fourth-order valence-electron chi connectivity index (χ4n) is 6.77. The summed E-state index contributed by atoms with van der Waals surface area (Å²) in [4.78, 5) is 40.9. The molecule has 0 radical (unpaired) electrons. The number of rotatable bonds is 12. The lowest BCUT2D eigenvalue weighted by atomic mass is 9.99. The van der Waals surface area contributed by atoms with E-state index < -0.39 is 53.1 Å². The number of carboxylic acid groups (broad SMARTS) is 1. The largest absolute Gasteiger partial charge is 0.478 e. The van der Waals surface area contributed by atoms with Crippen molar-refractivity contribution in [2.45, 2.75) is 50.6 Å². The Hall–Kier alpha value is -7.63. The predicted molar refractivity (Wildman–Crippen MR) is 234 cm³/mol. The molecule has 17 nitrogen and oxygen atoms in total. The first-order valence-corrected chi connectivity index (χ1v) is 20.8. The number of aromatic carboxylic acids is 1. The molecule has 2 aliphatic heterocycles. The average molecular weight is 961 g/mol. The van der Waals surface area contributed by atoms with Crippen LogP contribution in [-0.2, 0) is 0 Å². The lowest BCUT2D eigenvalue weighted by molar-refractivity contribution is 0.0571. The van der Waals surface area contributed by atoms with E-state index in [1.165, 1.54) is 23.1 Å². The molecule has 4 aromatic heterocycles. The van der Waals surface area contributed by atoms with Crippen LogP contribution in [0.25, 0.3) is 22.5 Å². The van der Waals surface area contributed by atoms with Gasteiger partial charge in [0.05, 0.1) is 93.5 Å². The number of anilines is 4. The van der Waals surface area contributed by atoms with Crippen LogP contribution >= 0.6 is 12.4 Å².